The van der Waals surface area contributed by atoms with Gasteiger partial charge in [0, 0.05) is 16.0 Å². The molecule has 32 heavy (non-hydrogen) atoms. The predicted molar refractivity (Wildman–Crippen MR) is 138 cm³/mol. The third-order valence-corrected chi connectivity index (χ3v) is 6.23. The van der Waals surface area contributed by atoms with Crippen molar-refractivity contribution in [1.29, 1.82) is 0 Å². The van der Waals surface area contributed by atoms with Crippen molar-refractivity contribution in [3.8, 4) is 0 Å². The van der Waals surface area contributed by atoms with E-state index in [1.54, 1.807) is 0 Å². The summed E-state index contributed by atoms with van der Waals surface area (Å²) in [6, 6.07) is 26.3. The Morgan fingerprint density at radius 3 is 2.66 bits per heavy atom. The summed E-state index contributed by atoms with van der Waals surface area (Å²) in [7, 11) is 0. The van der Waals surface area contributed by atoms with E-state index in [9.17, 15) is 4.79 Å². The Labute approximate surface area is 198 Å². The summed E-state index contributed by atoms with van der Waals surface area (Å²) in [6.45, 7) is 0. The maximum atomic E-state index is 12.1. The first kappa shape index (κ1) is 22.3. The number of pyridine rings is 1. The van der Waals surface area contributed by atoms with E-state index in [1.807, 2.05) is 54.8 Å². The minimum Gasteiger partial charge on any atom is -0.282 e. The maximum absolute atomic E-state index is 12.1. The van der Waals surface area contributed by atoms with Crippen LogP contribution >= 0.6 is 23.4 Å². The molecule has 0 aliphatic heterocycles. The quantitative estimate of drug-likeness (QED) is 0.284. The molecular weight excluding hydrogens is 434 g/mol. The Morgan fingerprint density at radius 2 is 1.78 bits per heavy atom. The normalized spacial score (nSPS) is 11.3. The molecule has 0 fully saturated rings. The molecule has 0 bridgehead atoms. The SMILES string of the molecule is CSC(=O)c1ccccc1CCCc1cccc(/C=C/c2ccc3ccc(Cl)cc3n2)c1. The van der Waals surface area contributed by atoms with Crippen molar-refractivity contribution in [1.82, 2.24) is 4.98 Å². The lowest BCUT2D eigenvalue weighted by atomic mass is 9.99. The van der Waals surface area contributed by atoms with Crippen LogP contribution in [0.1, 0.15) is 39.2 Å². The first-order chi connectivity index (χ1) is 15.6. The summed E-state index contributed by atoms with van der Waals surface area (Å²) < 4.78 is 0. The lowest BCUT2D eigenvalue weighted by Crippen LogP contribution is -2.00. The summed E-state index contributed by atoms with van der Waals surface area (Å²) >= 11 is 7.37. The molecule has 1 heterocycles. The number of benzene rings is 3. The van der Waals surface area contributed by atoms with E-state index >= 15 is 0 Å². The molecule has 0 aliphatic carbocycles. The molecule has 0 amide bonds. The number of aromatic nitrogens is 1. The smallest absolute Gasteiger partial charge is 0.219 e. The minimum atomic E-state index is 0.136. The average Bonchev–Trinajstić information content (AvgIpc) is 2.82. The molecule has 4 heteroatoms. The molecule has 0 saturated heterocycles. The second-order valence-electron chi connectivity index (χ2n) is 7.65. The van der Waals surface area contributed by atoms with E-state index in [-0.39, 0.29) is 5.12 Å². The molecule has 2 nitrogen and oxygen atoms in total. The topological polar surface area (TPSA) is 30.0 Å². The maximum Gasteiger partial charge on any atom is 0.219 e. The van der Waals surface area contributed by atoms with Crippen LogP contribution in [-0.2, 0) is 12.8 Å². The van der Waals surface area contributed by atoms with E-state index in [0.29, 0.717) is 5.02 Å². The molecule has 0 atom stereocenters. The number of fused-ring (bicyclic) bond motifs is 1. The molecule has 0 unspecified atom stereocenters. The summed E-state index contributed by atoms with van der Waals surface area (Å²) in [6.07, 6.45) is 8.82. The number of hydrogen-bond acceptors (Lipinski definition) is 3. The van der Waals surface area contributed by atoms with Crippen LogP contribution in [0.2, 0.25) is 5.02 Å². The van der Waals surface area contributed by atoms with Gasteiger partial charge in [-0.05, 0) is 66.5 Å². The van der Waals surface area contributed by atoms with Crippen molar-refractivity contribution in [2.75, 3.05) is 6.26 Å². The standard InChI is InChI=1S/C28H24ClNOS/c1-32-28(31)26-11-3-2-9-22(26)10-5-8-20-6-4-7-21(18-20)12-16-25-17-14-23-13-15-24(29)19-27(23)30-25/h2-4,6-7,9,11-19H,5,8,10H2,1H3/b16-12+. The molecule has 0 spiro atoms. The predicted octanol–water partition coefficient (Wildman–Crippen LogP) is 7.74. The van der Waals surface area contributed by atoms with Gasteiger partial charge in [-0.3, -0.25) is 4.79 Å². The van der Waals surface area contributed by atoms with Crippen LogP contribution in [0.5, 0.6) is 0 Å². The van der Waals surface area contributed by atoms with Crippen molar-refractivity contribution < 1.29 is 4.79 Å². The lowest BCUT2D eigenvalue weighted by molar-refractivity contribution is 0.108. The van der Waals surface area contributed by atoms with Gasteiger partial charge in [0.15, 0.2) is 0 Å². The van der Waals surface area contributed by atoms with E-state index < -0.39 is 0 Å². The van der Waals surface area contributed by atoms with Gasteiger partial charge in [0.1, 0.15) is 0 Å². The number of thioether (sulfide) groups is 1. The molecular formula is C28H24ClNOS. The molecule has 4 aromatic rings. The number of nitrogens with zero attached hydrogens (tertiary/aromatic N) is 1. The Hall–Kier alpha value is -2.88. The van der Waals surface area contributed by atoms with Crippen LogP contribution in [0.4, 0.5) is 0 Å². The molecule has 0 saturated carbocycles. The molecule has 0 radical (unpaired) electrons. The van der Waals surface area contributed by atoms with Crippen LogP contribution in [0.25, 0.3) is 23.1 Å². The highest BCUT2D eigenvalue weighted by molar-refractivity contribution is 8.13. The fourth-order valence-electron chi connectivity index (χ4n) is 3.76. The number of halogens is 1. The second-order valence-corrected chi connectivity index (χ2v) is 8.87. The van der Waals surface area contributed by atoms with E-state index in [2.05, 4.69) is 47.5 Å². The zero-order chi connectivity index (χ0) is 22.3. The van der Waals surface area contributed by atoms with Gasteiger partial charge in [-0.25, -0.2) is 4.98 Å². The lowest BCUT2D eigenvalue weighted by Gasteiger charge is -2.08. The van der Waals surface area contributed by atoms with Gasteiger partial charge in [-0.2, -0.15) is 0 Å². The summed E-state index contributed by atoms with van der Waals surface area (Å²) in [5, 5.41) is 1.91. The highest BCUT2D eigenvalue weighted by atomic mass is 35.5. The Bertz CT molecular complexity index is 1280. The molecule has 4 rings (SSSR count). The minimum absolute atomic E-state index is 0.136. The highest BCUT2D eigenvalue weighted by Crippen LogP contribution is 2.20. The molecule has 1 aromatic heterocycles. The number of hydrogen-bond donors (Lipinski definition) is 0. The zero-order valence-corrected chi connectivity index (χ0v) is 19.5. The zero-order valence-electron chi connectivity index (χ0n) is 17.9. The van der Waals surface area contributed by atoms with Crippen molar-refractivity contribution in [3.63, 3.8) is 0 Å². The number of rotatable bonds is 7. The first-order valence-corrected chi connectivity index (χ1v) is 12.2. The molecule has 0 N–H and O–H groups in total. The van der Waals surface area contributed by atoms with Gasteiger partial charge in [0.05, 0.1) is 11.2 Å². The second kappa shape index (κ2) is 10.6. The average molecular weight is 458 g/mol. The summed E-state index contributed by atoms with van der Waals surface area (Å²) in [5.74, 6) is 0. The molecule has 160 valence electrons. The highest BCUT2D eigenvalue weighted by Gasteiger charge is 2.09. The van der Waals surface area contributed by atoms with Crippen LogP contribution in [0.3, 0.4) is 0 Å². The van der Waals surface area contributed by atoms with Crippen LogP contribution < -0.4 is 0 Å². The van der Waals surface area contributed by atoms with E-state index in [0.717, 1.165) is 52.5 Å². The van der Waals surface area contributed by atoms with Gasteiger partial charge in [0.25, 0.3) is 0 Å². The summed E-state index contributed by atoms with van der Waals surface area (Å²) in [4.78, 5) is 16.8. The monoisotopic (exact) mass is 457 g/mol. The third kappa shape index (κ3) is 5.67. The van der Waals surface area contributed by atoms with Crippen LogP contribution in [0, 0.1) is 0 Å². The van der Waals surface area contributed by atoms with Crippen LogP contribution in [-0.4, -0.2) is 16.4 Å². The van der Waals surface area contributed by atoms with Gasteiger partial charge in [0.2, 0.25) is 5.12 Å². The third-order valence-electron chi connectivity index (χ3n) is 5.41. The van der Waals surface area contributed by atoms with E-state index in [1.165, 1.54) is 17.3 Å². The summed E-state index contributed by atoms with van der Waals surface area (Å²) in [5.41, 5.74) is 6.20. The molecule has 3 aromatic carbocycles. The van der Waals surface area contributed by atoms with Crippen molar-refractivity contribution in [2.24, 2.45) is 0 Å². The van der Waals surface area contributed by atoms with Gasteiger partial charge in [-0.1, -0.05) is 90.1 Å². The van der Waals surface area contributed by atoms with Gasteiger partial charge in [-0.15, -0.1) is 0 Å². The fourth-order valence-corrected chi connectivity index (χ4v) is 4.35. The van der Waals surface area contributed by atoms with Crippen LogP contribution in [0.15, 0.2) is 78.9 Å². The van der Waals surface area contributed by atoms with Gasteiger partial charge < -0.3 is 0 Å². The first-order valence-electron chi connectivity index (χ1n) is 10.6. The Morgan fingerprint density at radius 1 is 0.938 bits per heavy atom. The van der Waals surface area contributed by atoms with E-state index in [4.69, 9.17) is 11.6 Å². The number of carbonyl (C=O) groups is 1. The van der Waals surface area contributed by atoms with Gasteiger partial charge >= 0.3 is 0 Å². The molecule has 0 aliphatic rings. The number of aryl methyl sites for hydroxylation is 2. The largest absolute Gasteiger partial charge is 0.282 e. The Kier molecular flexibility index (Phi) is 7.41. The van der Waals surface area contributed by atoms with Crippen molar-refractivity contribution in [2.45, 2.75) is 19.3 Å². The van der Waals surface area contributed by atoms with Crippen molar-refractivity contribution in [3.05, 3.63) is 112 Å². The Balaban J connectivity index is 1.41. The fraction of sp³-hybridized carbons (Fsp3) is 0.143. The number of carbonyl (C=O) groups excluding carboxylic acids is 1. The van der Waals surface area contributed by atoms with Crippen molar-refractivity contribution >= 4 is 51.5 Å².